The highest BCUT2D eigenvalue weighted by atomic mass is 16.5. The molecule has 5 heteroatoms. The second kappa shape index (κ2) is 7.22. The zero-order chi connectivity index (χ0) is 15.2. The second-order valence-corrected chi connectivity index (χ2v) is 5.35. The highest BCUT2D eigenvalue weighted by Crippen LogP contribution is 2.24. The molecule has 0 aliphatic carbocycles. The molecule has 1 heterocycles. The van der Waals surface area contributed by atoms with E-state index in [0.29, 0.717) is 24.4 Å². The van der Waals surface area contributed by atoms with E-state index in [-0.39, 0.29) is 0 Å². The van der Waals surface area contributed by atoms with Gasteiger partial charge in [-0.3, -0.25) is 0 Å². The standard InChI is InChI=1S/C16H23N3O2/c1-5-15-18-14(19-21-15)10-20-16-12(4)7-6-8-13(16)9-17-11(2)3/h6-8,11,17H,5,9-10H2,1-4H3. The average Bonchev–Trinajstić information content (AvgIpc) is 2.92. The third-order valence-electron chi connectivity index (χ3n) is 3.15. The Hall–Kier alpha value is -1.88. The molecule has 2 rings (SSSR count). The molecule has 2 aromatic rings. The van der Waals surface area contributed by atoms with Gasteiger partial charge in [-0.25, -0.2) is 0 Å². The molecule has 114 valence electrons. The summed E-state index contributed by atoms with van der Waals surface area (Å²) in [6.45, 7) is 9.38. The van der Waals surface area contributed by atoms with Crippen molar-refractivity contribution in [3.05, 3.63) is 41.0 Å². The van der Waals surface area contributed by atoms with E-state index in [4.69, 9.17) is 9.26 Å². The van der Waals surface area contributed by atoms with Crippen LogP contribution < -0.4 is 10.1 Å². The lowest BCUT2D eigenvalue weighted by Gasteiger charge is -2.15. The van der Waals surface area contributed by atoms with Gasteiger partial charge in [0.2, 0.25) is 11.7 Å². The average molecular weight is 289 g/mol. The molecule has 0 amide bonds. The summed E-state index contributed by atoms with van der Waals surface area (Å²) in [5.41, 5.74) is 2.25. The van der Waals surface area contributed by atoms with Gasteiger partial charge in [0.25, 0.3) is 0 Å². The van der Waals surface area contributed by atoms with Gasteiger partial charge in [-0.1, -0.05) is 44.1 Å². The van der Waals surface area contributed by atoms with E-state index in [1.165, 1.54) is 0 Å². The molecule has 0 aliphatic rings. The van der Waals surface area contributed by atoms with Crippen molar-refractivity contribution in [3.63, 3.8) is 0 Å². The molecular weight excluding hydrogens is 266 g/mol. The lowest BCUT2D eigenvalue weighted by Crippen LogP contribution is -2.22. The molecule has 0 bridgehead atoms. The Balaban J connectivity index is 2.07. The summed E-state index contributed by atoms with van der Waals surface area (Å²) < 4.78 is 11.0. The third-order valence-corrected chi connectivity index (χ3v) is 3.15. The Morgan fingerprint density at radius 2 is 2.14 bits per heavy atom. The van der Waals surface area contributed by atoms with E-state index in [0.717, 1.165) is 29.8 Å². The first-order valence-electron chi connectivity index (χ1n) is 7.36. The maximum absolute atomic E-state index is 5.92. The summed E-state index contributed by atoms with van der Waals surface area (Å²) >= 11 is 0. The highest BCUT2D eigenvalue weighted by Gasteiger charge is 2.10. The number of nitrogens with zero attached hydrogens (tertiary/aromatic N) is 2. The highest BCUT2D eigenvalue weighted by molar-refractivity contribution is 5.40. The van der Waals surface area contributed by atoms with Crippen molar-refractivity contribution in [1.29, 1.82) is 0 Å². The summed E-state index contributed by atoms with van der Waals surface area (Å²) in [4.78, 5) is 4.26. The zero-order valence-corrected chi connectivity index (χ0v) is 13.1. The van der Waals surface area contributed by atoms with Gasteiger partial charge >= 0.3 is 0 Å². The number of nitrogens with one attached hydrogen (secondary N) is 1. The zero-order valence-electron chi connectivity index (χ0n) is 13.1. The molecule has 21 heavy (non-hydrogen) atoms. The quantitative estimate of drug-likeness (QED) is 0.849. The van der Waals surface area contributed by atoms with E-state index < -0.39 is 0 Å². The molecular formula is C16H23N3O2. The summed E-state index contributed by atoms with van der Waals surface area (Å²) in [6.07, 6.45) is 0.737. The molecule has 0 radical (unpaired) electrons. The number of benzene rings is 1. The molecule has 1 aromatic carbocycles. The minimum absolute atomic E-state index is 0.322. The fourth-order valence-corrected chi connectivity index (χ4v) is 2.00. The van der Waals surface area contributed by atoms with Gasteiger partial charge in [0.15, 0.2) is 6.61 Å². The third kappa shape index (κ3) is 4.29. The van der Waals surface area contributed by atoms with Gasteiger partial charge in [0, 0.05) is 24.6 Å². The Labute approximate surface area is 125 Å². The van der Waals surface area contributed by atoms with Gasteiger partial charge in [0.1, 0.15) is 5.75 Å². The second-order valence-electron chi connectivity index (χ2n) is 5.35. The monoisotopic (exact) mass is 289 g/mol. The smallest absolute Gasteiger partial charge is 0.226 e. The van der Waals surface area contributed by atoms with Crippen LogP contribution in [0.1, 0.15) is 43.6 Å². The maximum atomic E-state index is 5.92. The van der Waals surface area contributed by atoms with Crippen LogP contribution in [0.5, 0.6) is 5.75 Å². The molecule has 1 N–H and O–H groups in total. The van der Waals surface area contributed by atoms with E-state index >= 15 is 0 Å². The van der Waals surface area contributed by atoms with Crippen molar-refractivity contribution in [2.24, 2.45) is 0 Å². The van der Waals surface area contributed by atoms with Crippen LogP contribution in [-0.4, -0.2) is 16.2 Å². The SMILES string of the molecule is CCc1nc(COc2c(C)cccc2CNC(C)C)no1. The first-order chi connectivity index (χ1) is 10.1. The van der Waals surface area contributed by atoms with Crippen LogP contribution >= 0.6 is 0 Å². The van der Waals surface area contributed by atoms with E-state index in [1.54, 1.807) is 0 Å². The number of hydrogen-bond donors (Lipinski definition) is 1. The van der Waals surface area contributed by atoms with Crippen LogP contribution in [0.2, 0.25) is 0 Å². The van der Waals surface area contributed by atoms with Crippen LogP contribution in [0.3, 0.4) is 0 Å². The molecule has 0 spiro atoms. The van der Waals surface area contributed by atoms with Gasteiger partial charge in [-0.05, 0) is 12.5 Å². The van der Waals surface area contributed by atoms with Crippen molar-refractivity contribution >= 4 is 0 Å². The van der Waals surface area contributed by atoms with Gasteiger partial charge in [-0.15, -0.1) is 0 Å². The van der Waals surface area contributed by atoms with Crippen LogP contribution in [-0.2, 0) is 19.6 Å². The topological polar surface area (TPSA) is 60.2 Å². The summed E-state index contributed by atoms with van der Waals surface area (Å²) in [5, 5.41) is 7.32. The number of rotatable bonds is 7. The van der Waals surface area contributed by atoms with Crippen LogP contribution in [0.15, 0.2) is 22.7 Å². The van der Waals surface area contributed by atoms with Crippen molar-refractivity contribution < 1.29 is 9.26 Å². The first-order valence-corrected chi connectivity index (χ1v) is 7.36. The first kappa shape index (κ1) is 15.5. The maximum Gasteiger partial charge on any atom is 0.226 e. The minimum atomic E-state index is 0.322. The van der Waals surface area contributed by atoms with Crippen molar-refractivity contribution in [3.8, 4) is 5.75 Å². The summed E-state index contributed by atoms with van der Waals surface area (Å²) in [6, 6.07) is 6.60. The Bertz CT molecular complexity index is 579. The number of aryl methyl sites for hydroxylation is 2. The number of para-hydroxylation sites is 1. The molecule has 0 saturated heterocycles. The van der Waals surface area contributed by atoms with Crippen molar-refractivity contribution in [1.82, 2.24) is 15.5 Å². The molecule has 1 aromatic heterocycles. The number of aromatic nitrogens is 2. The largest absolute Gasteiger partial charge is 0.485 e. The lowest BCUT2D eigenvalue weighted by atomic mass is 10.1. The Kier molecular flexibility index (Phi) is 5.33. The van der Waals surface area contributed by atoms with Crippen LogP contribution in [0, 0.1) is 6.92 Å². The molecule has 0 fully saturated rings. The van der Waals surface area contributed by atoms with Gasteiger partial charge in [0.05, 0.1) is 0 Å². The van der Waals surface area contributed by atoms with E-state index in [1.807, 2.05) is 26.0 Å². The normalized spacial score (nSPS) is 11.1. The molecule has 0 unspecified atom stereocenters. The van der Waals surface area contributed by atoms with Crippen molar-refractivity contribution in [2.75, 3.05) is 0 Å². The number of hydrogen-bond acceptors (Lipinski definition) is 5. The fraction of sp³-hybridized carbons (Fsp3) is 0.500. The van der Waals surface area contributed by atoms with Gasteiger partial charge < -0.3 is 14.6 Å². The Morgan fingerprint density at radius 1 is 1.33 bits per heavy atom. The molecule has 0 aliphatic heterocycles. The molecule has 5 nitrogen and oxygen atoms in total. The van der Waals surface area contributed by atoms with E-state index in [9.17, 15) is 0 Å². The lowest BCUT2D eigenvalue weighted by molar-refractivity contribution is 0.280. The Morgan fingerprint density at radius 3 is 2.81 bits per heavy atom. The minimum Gasteiger partial charge on any atom is -0.485 e. The molecule has 0 atom stereocenters. The van der Waals surface area contributed by atoms with Crippen LogP contribution in [0.4, 0.5) is 0 Å². The predicted octanol–water partition coefficient (Wildman–Crippen LogP) is 3.02. The summed E-state index contributed by atoms with van der Waals surface area (Å²) in [5.74, 6) is 2.12. The molecule has 0 saturated carbocycles. The fourth-order valence-electron chi connectivity index (χ4n) is 2.00. The van der Waals surface area contributed by atoms with Gasteiger partial charge in [-0.2, -0.15) is 4.98 Å². The van der Waals surface area contributed by atoms with Crippen LogP contribution in [0.25, 0.3) is 0 Å². The number of ether oxygens (including phenoxy) is 1. The predicted molar refractivity (Wildman–Crippen MR) is 81.2 cm³/mol. The van der Waals surface area contributed by atoms with E-state index in [2.05, 4.69) is 35.4 Å². The van der Waals surface area contributed by atoms with Crippen molar-refractivity contribution in [2.45, 2.75) is 53.3 Å². The summed E-state index contributed by atoms with van der Waals surface area (Å²) in [7, 11) is 0.